The fraction of sp³-hybridized carbons (Fsp3) is 0.200. The van der Waals surface area contributed by atoms with Crippen LogP contribution < -0.4 is 0 Å². The lowest BCUT2D eigenvalue weighted by Gasteiger charge is -2.26. The van der Waals surface area contributed by atoms with E-state index in [2.05, 4.69) is 39.9 Å². The van der Waals surface area contributed by atoms with Gasteiger partial charge in [-0.25, -0.2) is 4.98 Å². The first-order chi connectivity index (χ1) is 14.6. The summed E-state index contributed by atoms with van der Waals surface area (Å²) in [7, 11) is 3.49. The Bertz CT molecular complexity index is 1160. The van der Waals surface area contributed by atoms with E-state index in [0.29, 0.717) is 12.2 Å². The molecule has 0 saturated heterocycles. The normalized spacial score (nSPS) is 12.1. The standard InChI is InChI=1S/C25H25N3O2/c1-18(27(2)25(29)21-8-6-7-19(15-21)16-30-3)20-11-13-22(14-12-20)28-17-26-23-9-4-5-10-24(23)28/h4-15,17-18H,16H2,1-3H3. The first-order valence-corrected chi connectivity index (χ1v) is 9.96. The van der Waals surface area contributed by atoms with Gasteiger partial charge in [0.25, 0.3) is 5.91 Å². The highest BCUT2D eigenvalue weighted by atomic mass is 16.5. The summed E-state index contributed by atoms with van der Waals surface area (Å²) < 4.78 is 7.25. The van der Waals surface area contributed by atoms with E-state index in [-0.39, 0.29) is 11.9 Å². The maximum Gasteiger partial charge on any atom is 0.254 e. The van der Waals surface area contributed by atoms with Crippen molar-refractivity contribution in [3.63, 3.8) is 0 Å². The Kier molecular flexibility index (Phi) is 5.63. The lowest BCUT2D eigenvalue weighted by molar-refractivity contribution is 0.0742. The highest BCUT2D eigenvalue weighted by Crippen LogP contribution is 2.24. The smallest absolute Gasteiger partial charge is 0.254 e. The van der Waals surface area contributed by atoms with Crippen molar-refractivity contribution in [3.8, 4) is 5.69 Å². The van der Waals surface area contributed by atoms with Gasteiger partial charge in [-0.1, -0.05) is 36.4 Å². The van der Waals surface area contributed by atoms with Crippen molar-refractivity contribution in [2.75, 3.05) is 14.2 Å². The highest BCUT2D eigenvalue weighted by molar-refractivity contribution is 5.94. The Morgan fingerprint density at radius 2 is 1.83 bits per heavy atom. The molecule has 1 atom stereocenters. The Morgan fingerprint density at radius 1 is 1.07 bits per heavy atom. The summed E-state index contributed by atoms with van der Waals surface area (Å²) in [6, 6.07) is 23.9. The highest BCUT2D eigenvalue weighted by Gasteiger charge is 2.19. The van der Waals surface area contributed by atoms with Gasteiger partial charge >= 0.3 is 0 Å². The molecule has 152 valence electrons. The van der Waals surface area contributed by atoms with Crippen LogP contribution in [0.1, 0.15) is 34.5 Å². The number of hydrogen-bond donors (Lipinski definition) is 0. The molecule has 0 aliphatic rings. The molecule has 4 aromatic rings. The van der Waals surface area contributed by atoms with Gasteiger partial charge in [0.1, 0.15) is 6.33 Å². The second-order valence-electron chi connectivity index (χ2n) is 7.42. The van der Waals surface area contributed by atoms with Crippen LogP contribution in [-0.2, 0) is 11.3 Å². The molecule has 4 rings (SSSR count). The second-order valence-corrected chi connectivity index (χ2v) is 7.42. The number of fused-ring (bicyclic) bond motifs is 1. The fourth-order valence-electron chi connectivity index (χ4n) is 3.64. The molecule has 0 spiro atoms. The summed E-state index contributed by atoms with van der Waals surface area (Å²) in [5.41, 5.74) is 5.81. The van der Waals surface area contributed by atoms with E-state index in [1.807, 2.05) is 62.8 Å². The molecule has 0 aliphatic heterocycles. The lowest BCUT2D eigenvalue weighted by Crippen LogP contribution is -2.29. The molecule has 0 aliphatic carbocycles. The van der Waals surface area contributed by atoms with Crippen molar-refractivity contribution in [2.45, 2.75) is 19.6 Å². The summed E-state index contributed by atoms with van der Waals surface area (Å²) in [6.07, 6.45) is 1.84. The van der Waals surface area contributed by atoms with Gasteiger partial charge in [0, 0.05) is 25.4 Å². The molecule has 0 radical (unpaired) electrons. The van der Waals surface area contributed by atoms with Crippen molar-refractivity contribution in [2.24, 2.45) is 0 Å². The van der Waals surface area contributed by atoms with Crippen LogP contribution in [0.4, 0.5) is 0 Å². The molecule has 1 unspecified atom stereocenters. The second kappa shape index (κ2) is 8.51. The monoisotopic (exact) mass is 399 g/mol. The zero-order valence-corrected chi connectivity index (χ0v) is 17.4. The van der Waals surface area contributed by atoms with E-state index >= 15 is 0 Å². The number of imidazole rings is 1. The third-order valence-electron chi connectivity index (χ3n) is 5.49. The van der Waals surface area contributed by atoms with Gasteiger partial charge in [-0.15, -0.1) is 0 Å². The van der Waals surface area contributed by atoms with Crippen LogP contribution in [0, 0.1) is 0 Å². The molecule has 0 bridgehead atoms. The van der Waals surface area contributed by atoms with Gasteiger partial charge in [-0.3, -0.25) is 9.36 Å². The number of methoxy groups -OCH3 is 1. The van der Waals surface area contributed by atoms with Crippen molar-refractivity contribution in [1.82, 2.24) is 14.5 Å². The molecule has 3 aromatic carbocycles. The van der Waals surface area contributed by atoms with Gasteiger partial charge in [0.05, 0.1) is 23.7 Å². The predicted molar refractivity (Wildman–Crippen MR) is 119 cm³/mol. The number of amides is 1. The molecule has 5 heteroatoms. The Labute approximate surface area is 176 Å². The Hall–Kier alpha value is -3.44. The number of aromatic nitrogens is 2. The Balaban J connectivity index is 1.54. The first-order valence-electron chi connectivity index (χ1n) is 9.96. The van der Waals surface area contributed by atoms with Gasteiger partial charge in [0.15, 0.2) is 0 Å². The summed E-state index contributed by atoms with van der Waals surface area (Å²) in [4.78, 5) is 19.2. The number of carbonyl (C=O) groups excluding carboxylic acids is 1. The number of ether oxygens (including phenoxy) is 1. The number of benzene rings is 3. The molecule has 0 N–H and O–H groups in total. The van der Waals surface area contributed by atoms with Gasteiger partial charge in [0.2, 0.25) is 0 Å². The molecule has 0 saturated carbocycles. The first kappa shape index (κ1) is 19.9. The van der Waals surface area contributed by atoms with Gasteiger partial charge in [-0.05, 0) is 54.4 Å². The number of hydrogen-bond acceptors (Lipinski definition) is 3. The average molecular weight is 399 g/mol. The van der Waals surface area contributed by atoms with E-state index in [9.17, 15) is 4.79 Å². The van der Waals surface area contributed by atoms with E-state index in [1.165, 1.54) is 0 Å². The van der Waals surface area contributed by atoms with Crippen LogP contribution in [0.2, 0.25) is 0 Å². The maximum absolute atomic E-state index is 13.0. The van der Waals surface area contributed by atoms with Crippen molar-refractivity contribution >= 4 is 16.9 Å². The number of nitrogens with zero attached hydrogens (tertiary/aromatic N) is 3. The van der Waals surface area contributed by atoms with Gasteiger partial charge in [-0.2, -0.15) is 0 Å². The lowest BCUT2D eigenvalue weighted by atomic mass is 10.0. The molecule has 1 amide bonds. The van der Waals surface area contributed by atoms with Crippen molar-refractivity contribution < 1.29 is 9.53 Å². The summed E-state index contributed by atoms with van der Waals surface area (Å²) in [5.74, 6) is -0.00914. The minimum absolute atomic E-state index is 0.00914. The SMILES string of the molecule is COCc1cccc(C(=O)N(C)C(C)c2ccc(-n3cnc4ccccc43)cc2)c1. The van der Waals surface area contributed by atoms with E-state index < -0.39 is 0 Å². The molecule has 1 aromatic heterocycles. The van der Waals surface area contributed by atoms with Crippen molar-refractivity contribution in [3.05, 3.63) is 95.8 Å². The molecular formula is C25H25N3O2. The van der Waals surface area contributed by atoms with E-state index in [1.54, 1.807) is 12.0 Å². The molecular weight excluding hydrogens is 374 g/mol. The quantitative estimate of drug-likeness (QED) is 0.458. The summed E-state index contributed by atoms with van der Waals surface area (Å²) in [6.45, 7) is 2.53. The van der Waals surface area contributed by atoms with Crippen LogP contribution in [0.5, 0.6) is 0 Å². The minimum atomic E-state index is -0.0582. The Morgan fingerprint density at radius 3 is 2.60 bits per heavy atom. The van der Waals surface area contributed by atoms with Crippen LogP contribution in [0.15, 0.2) is 79.1 Å². The van der Waals surface area contributed by atoms with Crippen LogP contribution >= 0.6 is 0 Å². The minimum Gasteiger partial charge on any atom is -0.380 e. The van der Waals surface area contributed by atoms with Crippen LogP contribution in [-0.4, -0.2) is 34.5 Å². The zero-order chi connectivity index (χ0) is 21.1. The number of rotatable bonds is 6. The van der Waals surface area contributed by atoms with Gasteiger partial charge < -0.3 is 9.64 Å². The zero-order valence-electron chi connectivity index (χ0n) is 17.4. The molecule has 5 nitrogen and oxygen atoms in total. The third kappa shape index (κ3) is 3.84. The fourth-order valence-corrected chi connectivity index (χ4v) is 3.64. The average Bonchev–Trinajstić information content (AvgIpc) is 3.22. The topological polar surface area (TPSA) is 47.4 Å². The van der Waals surface area contributed by atoms with Crippen LogP contribution in [0.25, 0.3) is 16.7 Å². The number of para-hydroxylation sites is 2. The molecule has 1 heterocycles. The van der Waals surface area contributed by atoms with Crippen LogP contribution in [0.3, 0.4) is 0 Å². The largest absolute Gasteiger partial charge is 0.380 e. The molecule has 0 fully saturated rings. The van der Waals surface area contributed by atoms with E-state index in [0.717, 1.165) is 27.8 Å². The predicted octanol–water partition coefficient (Wildman–Crippen LogP) is 5.01. The molecule has 30 heavy (non-hydrogen) atoms. The third-order valence-corrected chi connectivity index (χ3v) is 5.49. The maximum atomic E-state index is 13.0. The number of carbonyl (C=O) groups is 1. The summed E-state index contributed by atoms with van der Waals surface area (Å²) >= 11 is 0. The van der Waals surface area contributed by atoms with Crippen molar-refractivity contribution in [1.29, 1.82) is 0 Å². The van der Waals surface area contributed by atoms with E-state index in [4.69, 9.17) is 4.74 Å². The summed E-state index contributed by atoms with van der Waals surface area (Å²) in [5, 5.41) is 0.